The summed E-state index contributed by atoms with van der Waals surface area (Å²) in [4.78, 5) is 0. The average Bonchev–Trinajstić information content (AvgIpc) is 2.95. The molecule has 0 aliphatic heterocycles. The minimum absolute atomic E-state index is 1.14. The largest absolute Gasteiger partial charge is 0.136 e. The molecule has 0 unspecified atom stereocenters. The summed E-state index contributed by atoms with van der Waals surface area (Å²) in [5.74, 6) is 0. The van der Waals surface area contributed by atoms with Gasteiger partial charge in [-0.15, -0.1) is 22.7 Å². The summed E-state index contributed by atoms with van der Waals surface area (Å²) < 4.78 is 2.82. The Morgan fingerprint density at radius 1 is 0.875 bits per heavy atom. The van der Waals surface area contributed by atoms with E-state index in [0.29, 0.717) is 0 Å². The SMILES string of the molecule is CCc1csc(SSc2cc(CC)cs2)c1. The molecule has 16 heavy (non-hydrogen) atoms. The molecule has 0 aromatic carbocycles. The molecule has 4 heteroatoms. The van der Waals surface area contributed by atoms with Gasteiger partial charge in [-0.1, -0.05) is 13.8 Å². The summed E-state index contributed by atoms with van der Waals surface area (Å²) >= 11 is 3.71. The van der Waals surface area contributed by atoms with Crippen molar-refractivity contribution in [3.05, 3.63) is 34.0 Å². The van der Waals surface area contributed by atoms with Crippen LogP contribution >= 0.6 is 44.3 Å². The van der Waals surface area contributed by atoms with Gasteiger partial charge in [-0.25, -0.2) is 0 Å². The fourth-order valence-electron chi connectivity index (χ4n) is 1.25. The van der Waals surface area contributed by atoms with Crippen molar-refractivity contribution in [2.75, 3.05) is 0 Å². The van der Waals surface area contributed by atoms with Gasteiger partial charge in [0.15, 0.2) is 0 Å². The summed E-state index contributed by atoms with van der Waals surface area (Å²) in [6.45, 7) is 4.41. The van der Waals surface area contributed by atoms with E-state index in [2.05, 4.69) is 36.7 Å². The Hall–Kier alpha value is 0.1000. The van der Waals surface area contributed by atoms with Crippen molar-refractivity contribution < 1.29 is 0 Å². The number of aryl methyl sites for hydroxylation is 2. The van der Waals surface area contributed by atoms with Crippen LogP contribution in [0.3, 0.4) is 0 Å². The third-order valence-corrected chi connectivity index (χ3v) is 7.51. The molecule has 0 fully saturated rings. The van der Waals surface area contributed by atoms with Crippen molar-refractivity contribution in [3.63, 3.8) is 0 Å². The van der Waals surface area contributed by atoms with Crippen LogP contribution in [0.5, 0.6) is 0 Å². The van der Waals surface area contributed by atoms with E-state index in [-0.39, 0.29) is 0 Å². The lowest BCUT2D eigenvalue weighted by molar-refractivity contribution is 1.15. The third-order valence-electron chi connectivity index (χ3n) is 2.28. The number of hydrogen-bond donors (Lipinski definition) is 0. The van der Waals surface area contributed by atoms with Gasteiger partial charge in [0.2, 0.25) is 0 Å². The molecule has 0 spiro atoms. The maximum Gasteiger partial charge on any atom is 0.0712 e. The molecule has 86 valence electrons. The van der Waals surface area contributed by atoms with E-state index in [1.54, 1.807) is 0 Å². The fourth-order valence-corrected chi connectivity index (χ4v) is 5.96. The van der Waals surface area contributed by atoms with Crippen LogP contribution in [0.2, 0.25) is 0 Å². The highest BCUT2D eigenvalue weighted by Gasteiger charge is 2.03. The third kappa shape index (κ3) is 3.29. The standard InChI is InChI=1S/C12H14S4/c1-3-9-5-11(13-7-9)15-16-12-6-10(4-2)8-14-12/h5-8H,3-4H2,1-2H3. The maximum atomic E-state index is 2.30. The van der Waals surface area contributed by atoms with Gasteiger partial charge in [-0.2, -0.15) is 0 Å². The molecular formula is C12H14S4. The second kappa shape index (κ2) is 6.15. The van der Waals surface area contributed by atoms with Crippen molar-refractivity contribution >= 4 is 44.3 Å². The predicted molar refractivity (Wildman–Crippen MR) is 79.1 cm³/mol. The molecule has 0 aliphatic rings. The highest BCUT2D eigenvalue weighted by molar-refractivity contribution is 8.77. The molecule has 0 aliphatic carbocycles. The molecule has 0 radical (unpaired) electrons. The van der Waals surface area contributed by atoms with E-state index in [1.165, 1.54) is 19.5 Å². The molecule has 2 rings (SSSR count). The van der Waals surface area contributed by atoms with Crippen LogP contribution in [0.15, 0.2) is 31.3 Å². The van der Waals surface area contributed by atoms with Crippen LogP contribution < -0.4 is 0 Å². The molecule has 2 aromatic rings. The Morgan fingerprint density at radius 3 is 1.62 bits per heavy atom. The van der Waals surface area contributed by atoms with Crippen LogP contribution in [0.4, 0.5) is 0 Å². The molecular weight excluding hydrogens is 272 g/mol. The summed E-state index contributed by atoms with van der Waals surface area (Å²) in [6.07, 6.45) is 2.28. The van der Waals surface area contributed by atoms with Crippen molar-refractivity contribution in [1.82, 2.24) is 0 Å². The minimum Gasteiger partial charge on any atom is -0.136 e. The Morgan fingerprint density at radius 2 is 1.31 bits per heavy atom. The second-order valence-corrected chi connectivity index (χ2v) is 7.97. The van der Waals surface area contributed by atoms with Gasteiger partial charge < -0.3 is 0 Å². The number of thiophene rings is 2. The summed E-state index contributed by atoms with van der Waals surface area (Å²) in [6, 6.07) is 4.60. The smallest absolute Gasteiger partial charge is 0.0712 e. The van der Waals surface area contributed by atoms with Gasteiger partial charge >= 0.3 is 0 Å². The first-order valence-electron chi connectivity index (χ1n) is 5.31. The van der Waals surface area contributed by atoms with Crippen LogP contribution in [0.25, 0.3) is 0 Å². The molecule has 0 saturated carbocycles. The molecule has 0 atom stereocenters. The molecule has 0 nitrogen and oxygen atoms in total. The number of hydrogen-bond acceptors (Lipinski definition) is 4. The zero-order chi connectivity index (χ0) is 11.4. The quantitative estimate of drug-likeness (QED) is 0.643. The molecule has 0 amide bonds. The van der Waals surface area contributed by atoms with Gasteiger partial charge in [-0.05, 0) is 68.4 Å². The first-order valence-corrected chi connectivity index (χ1v) is 9.22. The maximum absolute atomic E-state index is 2.30. The van der Waals surface area contributed by atoms with Crippen molar-refractivity contribution in [2.24, 2.45) is 0 Å². The van der Waals surface area contributed by atoms with Gasteiger partial charge in [0.25, 0.3) is 0 Å². The van der Waals surface area contributed by atoms with Crippen LogP contribution in [-0.2, 0) is 12.8 Å². The van der Waals surface area contributed by atoms with Gasteiger partial charge in [0.05, 0.1) is 8.42 Å². The van der Waals surface area contributed by atoms with Gasteiger partial charge in [0, 0.05) is 0 Å². The Balaban J connectivity index is 1.91. The van der Waals surface area contributed by atoms with E-state index in [4.69, 9.17) is 0 Å². The number of rotatable bonds is 5. The van der Waals surface area contributed by atoms with Crippen molar-refractivity contribution in [3.8, 4) is 0 Å². The topological polar surface area (TPSA) is 0 Å². The predicted octanol–water partition coefficient (Wildman–Crippen LogP) is 5.73. The zero-order valence-corrected chi connectivity index (χ0v) is 12.6. The van der Waals surface area contributed by atoms with E-state index in [1.807, 2.05) is 44.3 Å². The lowest BCUT2D eigenvalue weighted by Crippen LogP contribution is -1.68. The van der Waals surface area contributed by atoms with Crippen LogP contribution in [0, 0.1) is 0 Å². The summed E-state index contributed by atoms with van der Waals surface area (Å²) in [5.41, 5.74) is 2.90. The summed E-state index contributed by atoms with van der Waals surface area (Å²) in [5, 5.41) is 4.52. The highest BCUT2D eigenvalue weighted by atomic mass is 33.1. The highest BCUT2D eigenvalue weighted by Crippen LogP contribution is 2.42. The molecule has 2 heterocycles. The minimum atomic E-state index is 1.14. The van der Waals surface area contributed by atoms with E-state index in [0.717, 1.165) is 12.8 Å². The van der Waals surface area contributed by atoms with Crippen LogP contribution in [0.1, 0.15) is 25.0 Å². The lowest BCUT2D eigenvalue weighted by Gasteiger charge is -1.93. The lowest BCUT2D eigenvalue weighted by atomic mass is 10.3. The molecule has 0 saturated heterocycles. The first-order chi connectivity index (χ1) is 7.81. The monoisotopic (exact) mass is 286 g/mol. The molecule has 0 N–H and O–H groups in total. The fraction of sp³-hybridized carbons (Fsp3) is 0.333. The van der Waals surface area contributed by atoms with Crippen molar-refractivity contribution in [1.29, 1.82) is 0 Å². The molecule has 0 bridgehead atoms. The van der Waals surface area contributed by atoms with E-state index < -0.39 is 0 Å². The Bertz CT molecular complexity index is 399. The Kier molecular flexibility index (Phi) is 4.82. The van der Waals surface area contributed by atoms with Crippen LogP contribution in [-0.4, -0.2) is 0 Å². The van der Waals surface area contributed by atoms with Crippen molar-refractivity contribution in [2.45, 2.75) is 35.1 Å². The zero-order valence-electron chi connectivity index (χ0n) is 9.36. The summed E-state index contributed by atoms with van der Waals surface area (Å²) in [7, 11) is 3.76. The Labute approximate surface area is 113 Å². The second-order valence-electron chi connectivity index (χ2n) is 3.42. The first kappa shape index (κ1) is 12.6. The van der Waals surface area contributed by atoms with Gasteiger partial charge in [-0.3, -0.25) is 0 Å². The van der Waals surface area contributed by atoms with E-state index in [9.17, 15) is 0 Å². The van der Waals surface area contributed by atoms with Gasteiger partial charge in [0.1, 0.15) is 0 Å². The normalized spacial score (nSPS) is 10.9. The van der Waals surface area contributed by atoms with E-state index >= 15 is 0 Å². The molecule has 2 aromatic heterocycles. The average molecular weight is 287 g/mol.